The highest BCUT2D eigenvalue weighted by molar-refractivity contribution is 8.24. The van der Waals surface area contributed by atoms with Crippen LogP contribution in [0.25, 0.3) is 17.4 Å². The molecule has 1 aromatic carbocycles. The molecule has 1 amide bonds. The molecule has 2 bridgehead atoms. The van der Waals surface area contributed by atoms with Crippen molar-refractivity contribution >= 4 is 40.7 Å². The summed E-state index contributed by atoms with van der Waals surface area (Å²) in [6.07, 6.45) is 8.14. The van der Waals surface area contributed by atoms with Gasteiger partial charge in [0.05, 0.1) is 12.0 Å². The summed E-state index contributed by atoms with van der Waals surface area (Å²) in [6.45, 7) is 0.553. The van der Waals surface area contributed by atoms with Crippen molar-refractivity contribution in [2.75, 3.05) is 20.7 Å². The first kappa shape index (κ1) is 24.8. The zero-order chi connectivity index (χ0) is 24.2. The molecule has 1 aromatic heterocycles. The minimum atomic E-state index is -0.0228. The van der Waals surface area contributed by atoms with Gasteiger partial charge in [0.25, 0.3) is 5.91 Å². The van der Waals surface area contributed by atoms with E-state index in [0.717, 1.165) is 24.3 Å². The number of nitrogens with two attached hydrogens (primary N) is 1. The van der Waals surface area contributed by atoms with Gasteiger partial charge in [0.2, 0.25) is 0 Å². The number of thiocarbonyl (C=S) groups is 1. The number of fused-ring (bicyclic) bond motifs is 2. The van der Waals surface area contributed by atoms with Crippen molar-refractivity contribution < 1.29 is 19.1 Å². The van der Waals surface area contributed by atoms with E-state index in [9.17, 15) is 9.90 Å². The number of aryl methyl sites for hydroxylation is 1. The van der Waals surface area contributed by atoms with Crippen LogP contribution >= 0.6 is 24.0 Å². The summed E-state index contributed by atoms with van der Waals surface area (Å²) in [6, 6.07) is 7.21. The van der Waals surface area contributed by atoms with Crippen LogP contribution < -0.4 is 10.5 Å². The van der Waals surface area contributed by atoms with E-state index in [4.69, 9.17) is 27.1 Å². The number of thioether (sulfide) groups is 1. The topological polar surface area (TPSA) is 88.9 Å². The van der Waals surface area contributed by atoms with Gasteiger partial charge in [-0.25, -0.2) is 0 Å². The quantitative estimate of drug-likeness (QED) is 0.341. The smallest absolute Gasteiger partial charge is 0.260 e. The molecule has 2 aromatic rings. The summed E-state index contributed by atoms with van der Waals surface area (Å²) in [4.78, 5) is 15.9. The minimum Gasteiger partial charge on any atom is -0.508 e. The first-order chi connectivity index (χ1) is 16.4. The Balaban J connectivity index is 1.66. The molecule has 6 nitrogen and oxygen atoms in total. The van der Waals surface area contributed by atoms with E-state index in [1.54, 1.807) is 31.4 Å². The minimum absolute atomic E-state index is 0.0228. The zero-order valence-corrected chi connectivity index (χ0v) is 21.3. The highest BCUT2D eigenvalue weighted by Gasteiger charge is 2.43. The monoisotopic (exact) mass is 500 g/mol. The van der Waals surface area contributed by atoms with E-state index in [-0.39, 0.29) is 11.7 Å². The summed E-state index contributed by atoms with van der Waals surface area (Å²) in [7, 11) is 3.46. The van der Waals surface area contributed by atoms with Gasteiger partial charge in [0, 0.05) is 35.5 Å². The molecular weight excluding hydrogens is 468 g/mol. The van der Waals surface area contributed by atoms with Crippen LogP contribution in [0.1, 0.15) is 43.4 Å². The number of hydrogen-bond acceptors (Lipinski definition) is 7. The molecule has 34 heavy (non-hydrogen) atoms. The Morgan fingerprint density at radius 2 is 2.15 bits per heavy atom. The van der Waals surface area contributed by atoms with E-state index in [1.807, 2.05) is 18.0 Å². The molecule has 3 N–H and O–H groups in total. The van der Waals surface area contributed by atoms with E-state index in [0.29, 0.717) is 52.7 Å². The fourth-order valence-corrected chi connectivity index (χ4v) is 6.20. The number of methoxy groups -OCH3 is 1. The van der Waals surface area contributed by atoms with Gasteiger partial charge in [0.1, 0.15) is 23.0 Å². The summed E-state index contributed by atoms with van der Waals surface area (Å²) < 4.78 is 13.0. The van der Waals surface area contributed by atoms with Crippen LogP contribution in [0.4, 0.5) is 0 Å². The van der Waals surface area contributed by atoms with Crippen molar-refractivity contribution in [2.45, 2.75) is 44.6 Å². The Morgan fingerprint density at radius 1 is 1.32 bits per heavy atom. The second-order valence-corrected chi connectivity index (χ2v) is 10.6. The predicted octanol–water partition coefficient (Wildman–Crippen LogP) is 5.23. The number of benzene rings is 1. The van der Waals surface area contributed by atoms with Crippen molar-refractivity contribution in [3.8, 4) is 22.8 Å². The van der Waals surface area contributed by atoms with Crippen LogP contribution in [-0.2, 0) is 11.2 Å². The Kier molecular flexibility index (Phi) is 8.01. The molecule has 0 radical (unpaired) electrons. The van der Waals surface area contributed by atoms with Crippen molar-refractivity contribution in [2.24, 2.45) is 17.6 Å². The maximum atomic E-state index is 13.5. The van der Waals surface area contributed by atoms with Gasteiger partial charge in [-0.05, 0) is 74.2 Å². The highest BCUT2D eigenvalue weighted by atomic mass is 32.2. The molecule has 1 heterocycles. The van der Waals surface area contributed by atoms with E-state index >= 15 is 0 Å². The largest absolute Gasteiger partial charge is 0.508 e. The fraction of sp³-hybridized carbons (Fsp3) is 0.462. The third kappa shape index (κ3) is 5.34. The van der Waals surface area contributed by atoms with Gasteiger partial charge in [-0.3, -0.25) is 4.79 Å². The molecular formula is C26H32N2O4S2. The number of hydrogen-bond donors (Lipinski definition) is 2. The SMILES string of the molecule is COc1cc(O)cc(-c2cc(CCCN)c(/C=C(\SC=S)C(=O)N(C)C3CC4CCC3C4)o2)c1. The third-order valence-corrected chi connectivity index (χ3v) is 8.00. The molecule has 2 aliphatic carbocycles. The number of ether oxygens (including phenoxy) is 1. The number of furan rings is 1. The number of rotatable bonds is 10. The molecule has 0 aliphatic heterocycles. The number of phenols is 1. The first-order valence-electron chi connectivity index (χ1n) is 11.7. The number of aromatic hydroxyl groups is 1. The first-order valence-corrected chi connectivity index (χ1v) is 13.1. The number of likely N-dealkylation sites (N-methyl/N-ethyl adjacent to an activating group) is 1. The van der Waals surface area contributed by atoms with E-state index in [1.165, 1.54) is 35.7 Å². The molecule has 2 fully saturated rings. The Labute approximate surface area is 210 Å². The van der Waals surface area contributed by atoms with Crippen LogP contribution in [0.3, 0.4) is 0 Å². The number of carbonyl (C=O) groups excluding carboxylic acids is 1. The number of phenolic OH excluding ortho intramolecular Hbond substituents is 1. The maximum Gasteiger partial charge on any atom is 0.260 e. The number of amides is 1. The number of nitrogens with zero attached hydrogens (tertiary/aromatic N) is 1. The summed E-state index contributed by atoms with van der Waals surface area (Å²) in [5, 5.41) is 10.1. The maximum absolute atomic E-state index is 13.5. The second-order valence-electron chi connectivity index (χ2n) is 9.19. The molecule has 2 aliphatic rings. The lowest BCUT2D eigenvalue weighted by Crippen LogP contribution is -2.40. The zero-order valence-electron chi connectivity index (χ0n) is 19.7. The van der Waals surface area contributed by atoms with Gasteiger partial charge in [-0.15, -0.1) is 0 Å². The Bertz CT molecular complexity index is 1080. The molecule has 3 atom stereocenters. The summed E-state index contributed by atoms with van der Waals surface area (Å²) in [5.41, 5.74) is 7.41. The Morgan fingerprint density at radius 3 is 2.79 bits per heavy atom. The molecule has 8 heteroatoms. The summed E-state index contributed by atoms with van der Waals surface area (Å²) in [5.74, 6) is 3.16. The van der Waals surface area contributed by atoms with Gasteiger partial charge < -0.3 is 24.9 Å². The molecule has 0 spiro atoms. The van der Waals surface area contributed by atoms with Crippen LogP contribution in [0, 0.1) is 11.8 Å². The van der Waals surface area contributed by atoms with Crippen molar-refractivity contribution in [1.82, 2.24) is 4.90 Å². The second kappa shape index (κ2) is 11.0. The Hall–Kier alpha value is -2.29. The molecule has 3 unspecified atom stereocenters. The van der Waals surface area contributed by atoms with Gasteiger partial charge in [-0.2, -0.15) is 0 Å². The van der Waals surface area contributed by atoms with E-state index in [2.05, 4.69) is 0 Å². The van der Waals surface area contributed by atoms with Crippen LogP contribution in [0.2, 0.25) is 0 Å². The van der Waals surface area contributed by atoms with Crippen LogP contribution in [-0.4, -0.2) is 47.4 Å². The predicted molar refractivity (Wildman–Crippen MR) is 141 cm³/mol. The van der Waals surface area contributed by atoms with E-state index < -0.39 is 0 Å². The average molecular weight is 501 g/mol. The van der Waals surface area contributed by atoms with Crippen molar-refractivity contribution in [3.63, 3.8) is 0 Å². The fourth-order valence-electron chi connectivity index (χ4n) is 5.37. The molecule has 0 saturated heterocycles. The van der Waals surface area contributed by atoms with Gasteiger partial charge in [-0.1, -0.05) is 30.4 Å². The lowest BCUT2D eigenvalue weighted by atomic mass is 9.94. The van der Waals surface area contributed by atoms with Crippen molar-refractivity contribution in [1.29, 1.82) is 0 Å². The van der Waals surface area contributed by atoms with Gasteiger partial charge in [0.15, 0.2) is 0 Å². The molecule has 2 saturated carbocycles. The molecule has 182 valence electrons. The summed E-state index contributed by atoms with van der Waals surface area (Å²) >= 11 is 6.35. The lowest BCUT2D eigenvalue weighted by Gasteiger charge is -2.31. The molecule has 4 rings (SSSR count). The number of carbonyl (C=O) groups is 1. The average Bonchev–Trinajstić information content (AvgIpc) is 3.57. The highest BCUT2D eigenvalue weighted by Crippen LogP contribution is 2.46. The van der Waals surface area contributed by atoms with Crippen molar-refractivity contribution in [3.05, 3.63) is 40.5 Å². The van der Waals surface area contributed by atoms with Crippen LogP contribution in [0.5, 0.6) is 11.5 Å². The normalized spacial score (nSPS) is 21.6. The lowest BCUT2D eigenvalue weighted by molar-refractivity contribution is -0.128. The van der Waals surface area contributed by atoms with Gasteiger partial charge >= 0.3 is 0 Å². The third-order valence-electron chi connectivity index (χ3n) is 7.07. The van der Waals surface area contributed by atoms with Crippen LogP contribution in [0.15, 0.2) is 33.6 Å². The standard InChI is InChI=1S/C26H32N2O4S2/c1-28(22-9-16-5-6-17(22)8-16)26(30)25(34-15-33)14-24-18(4-3-7-27)12-23(32-24)19-10-20(29)13-21(11-19)31-2/h10-17,22,29H,3-9,27H2,1-2H3/b25-14-.